The number of hydrogen-bond donors (Lipinski definition) is 0. The molecule has 2 nitrogen and oxygen atoms in total. The molecular formula is C8H12O2. The predicted octanol–water partition coefficient (Wildman–Crippen LogP) is 1.31. The van der Waals surface area contributed by atoms with E-state index >= 15 is 0 Å². The summed E-state index contributed by atoms with van der Waals surface area (Å²) < 4.78 is 5.29. The zero-order valence-electron chi connectivity index (χ0n) is 6.17. The molecule has 0 bridgehead atoms. The molecule has 2 heteroatoms. The first-order chi connectivity index (χ1) is 4.83. The van der Waals surface area contributed by atoms with E-state index in [0.29, 0.717) is 0 Å². The molecule has 1 aliphatic heterocycles. The van der Waals surface area contributed by atoms with Crippen molar-refractivity contribution in [3.05, 3.63) is 11.6 Å². The van der Waals surface area contributed by atoms with Gasteiger partial charge in [0.1, 0.15) is 6.29 Å². The summed E-state index contributed by atoms with van der Waals surface area (Å²) in [5.74, 6) is 0. The van der Waals surface area contributed by atoms with E-state index in [0.717, 1.165) is 31.3 Å². The fourth-order valence-corrected chi connectivity index (χ4v) is 1.07. The molecule has 0 saturated carbocycles. The maximum atomic E-state index is 10.2. The minimum Gasteiger partial charge on any atom is -0.374 e. The van der Waals surface area contributed by atoms with Crippen molar-refractivity contribution in [2.45, 2.75) is 25.9 Å². The van der Waals surface area contributed by atoms with E-state index in [-0.39, 0.29) is 6.10 Å². The Morgan fingerprint density at radius 2 is 2.50 bits per heavy atom. The Labute approximate surface area is 60.9 Å². The van der Waals surface area contributed by atoms with Crippen molar-refractivity contribution in [2.75, 3.05) is 6.61 Å². The van der Waals surface area contributed by atoms with E-state index in [1.165, 1.54) is 0 Å². The molecule has 1 heterocycles. The van der Waals surface area contributed by atoms with Gasteiger partial charge in [-0.25, -0.2) is 0 Å². The molecule has 0 N–H and O–H groups in total. The van der Waals surface area contributed by atoms with Crippen molar-refractivity contribution in [1.82, 2.24) is 0 Å². The van der Waals surface area contributed by atoms with Crippen LogP contribution in [0.5, 0.6) is 0 Å². The third kappa shape index (κ3) is 1.95. The highest BCUT2D eigenvalue weighted by Crippen LogP contribution is 2.13. The summed E-state index contributed by atoms with van der Waals surface area (Å²) in [5.41, 5.74) is 0.770. The van der Waals surface area contributed by atoms with Crippen molar-refractivity contribution in [3.8, 4) is 0 Å². The Morgan fingerprint density at radius 3 is 3.00 bits per heavy atom. The summed E-state index contributed by atoms with van der Waals surface area (Å²) in [4.78, 5) is 10.2. The summed E-state index contributed by atoms with van der Waals surface area (Å²) >= 11 is 0. The molecule has 1 unspecified atom stereocenters. The highest BCUT2D eigenvalue weighted by molar-refractivity contribution is 5.72. The van der Waals surface area contributed by atoms with Crippen molar-refractivity contribution in [3.63, 3.8) is 0 Å². The van der Waals surface area contributed by atoms with Crippen LogP contribution >= 0.6 is 0 Å². The number of aldehydes is 1. The van der Waals surface area contributed by atoms with Gasteiger partial charge in [0.25, 0.3) is 0 Å². The van der Waals surface area contributed by atoms with Crippen LogP contribution in [-0.4, -0.2) is 19.0 Å². The number of rotatable bonds is 2. The number of ether oxygens (including phenoxy) is 1. The molecule has 0 aromatic carbocycles. The monoisotopic (exact) mass is 140 g/mol. The average molecular weight is 140 g/mol. The fraction of sp³-hybridized carbons (Fsp3) is 0.625. The van der Waals surface area contributed by atoms with Gasteiger partial charge in [0.2, 0.25) is 0 Å². The zero-order chi connectivity index (χ0) is 7.40. The Morgan fingerprint density at radius 1 is 1.70 bits per heavy atom. The Bertz CT molecular complexity index is 143. The number of hydrogen-bond acceptors (Lipinski definition) is 2. The zero-order valence-corrected chi connectivity index (χ0v) is 6.17. The first-order valence-electron chi connectivity index (χ1n) is 3.58. The third-order valence-corrected chi connectivity index (χ3v) is 1.60. The lowest BCUT2D eigenvalue weighted by molar-refractivity contribution is -0.104. The number of allylic oxidation sites excluding steroid dienone is 1. The smallest absolute Gasteiger partial charge is 0.145 e. The van der Waals surface area contributed by atoms with Gasteiger partial charge in [0.05, 0.1) is 6.10 Å². The second-order valence-corrected chi connectivity index (χ2v) is 2.58. The SMILES string of the molecule is C/C(C=O)=C\C1CCCO1. The molecule has 1 aliphatic rings. The van der Waals surface area contributed by atoms with Crippen LogP contribution in [0.1, 0.15) is 19.8 Å². The molecule has 0 aromatic rings. The summed E-state index contributed by atoms with van der Waals surface area (Å²) in [6.07, 6.45) is 5.13. The standard InChI is InChI=1S/C8H12O2/c1-7(6-9)5-8-3-2-4-10-8/h5-6,8H,2-4H2,1H3/b7-5+. The van der Waals surface area contributed by atoms with Gasteiger partial charge in [0, 0.05) is 6.61 Å². The maximum Gasteiger partial charge on any atom is 0.145 e. The normalized spacial score (nSPS) is 26.9. The van der Waals surface area contributed by atoms with E-state index < -0.39 is 0 Å². The lowest BCUT2D eigenvalue weighted by atomic mass is 10.2. The molecule has 0 radical (unpaired) electrons. The molecule has 1 atom stereocenters. The molecule has 1 saturated heterocycles. The fourth-order valence-electron chi connectivity index (χ4n) is 1.07. The molecule has 1 rings (SSSR count). The Hall–Kier alpha value is -0.630. The highest BCUT2D eigenvalue weighted by atomic mass is 16.5. The molecule has 0 aromatic heterocycles. The van der Waals surface area contributed by atoms with Gasteiger partial charge in [-0.05, 0) is 31.4 Å². The van der Waals surface area contributed by atoms with E-state index in [1.54, 1.807) is 6.92 Å². The number of carbonyl (C=O) groups is 1. The van der Waals surface area contributed by atoms with Crippen LogP contribution in [0.25, 0.3) is 0 Å². The molecule has 10 heavy (non-hydrogen) atoms. The average Bonchev–Trinajstić information content (AvgIpc) is 2.40. The van der Waals surface area contributed by atoms with E-state index in [2.05, 4.69) is 0 Å². The van der Waals surface area contributed by atoms with E-state index in [9.17, 15) is 4.79 Å². The first-order valence-corrected chi connectivity index (χ1v) is 3.58. The second-order valence-electron chi connectivity index (χ2n) is 2.58. The van der Waals surface area contributed by atoms with Crippen LogP contribution in [-0.2, 0) is 9.53 Å². The summed E-state index contributed by atoms with van der Waals surface area (Å²) in [6, 6.07) is 0. The van der Waals surface area contributed by atoms with Crippen molar-refractivity contribution < 1.29 is 9.53 Å². The van der Waals surface area contributed by atoms with Gasteiger partial charge < -0.3 is 4.74 Å². The van der Waals surface area contributed by atoms with Crippen LogP contribution in [0.2, 0.25) is 0 Å². The molecule has 0 amide bonds. The van der Waals surface area contributed by atoms with Gasteiger partial charge in [-0.3, -0.25) is 4.79 Å². The van der Waals surface area contributed by atoms with Gasteiger partial charge in [-0.15, -0.1) is 0 Å². The number of carbonyl (C=O) groups excluding carboxylic acids is 1. The largest absolute Gasteiger partial charge is 0.374 e. The summed E-state index contributed by atoms with van der Waals surface area (Å²) in [5, 5.41) is 0. The molecule has 1 fully saturated rings. The van der Waals surface area contributed by atoms with Gasteiger partial charge in [-0.1, -0.05) is 0 Å². The topological polar surface area (TPSA) is 26.3 Å². The minimum atomic E-state index is 0.199. The lowest BCUT2D eigenvalue weighted by Crippen LogP contribution is -2.00. The van der Waals surface area contributed by atoms with E-state index in [1.807, 2.05) is 6.08 Å². The molecule has 56 valence electrons. The molecular weight excluding hydrogens is 128 g/mol. The third-order valence-electron chi connectivity index (χ3n) is 1.60. The molecule has 0 spiro atoms. The van der Waals surface area contributed by atoms with Crippen LogP contribution < -0.4 is 0 Å². The minimum absolute atomic E-state index is 0.199. The van der Waals surface area contributed by atoms with Gasteiger partial charge in [-0.2, -0.15) is 0 Å². The quantitative estimate of drug-likeness (QED) is 0.427. The van der Waals surface area contributed by atoms with Crippen LogP contribution in [0.15, 0.2) is 11.6 Å². The summed E-state index contributed by atoms with van der Waals surface area (Å²) in [7, 11) is 0. The van der Waals surface area contributed by atoms with E-state index in [4.69, 9.17) is 4.74 Å². The highest BCUT2D eigenvalue weighted by Gasteiger charge is 2.11. The van der Waals surface area contributed by atoms with Crippen LogP contribution in [0.3, 0.4) is 0 Å². The summed E-state index contributed by atoms with van der Waals surface area (Å²) in [6.45, 7) is 2.64. The second kappa shape index (κ2) is 3.52. The van der Waals surface area contributed by atoms with Crippen molar-refractivity contribution >= 4 is 6.29 Å². The van der Waals surface area contributed by atoms with Gasteiger partial charge in [0.15, 0.2) is 0 Å². The van der Waals surface area contributed by atoms with Crippen LogP contribution in [0.4, 0.5) is 0 Å². The first kappa shape index (κ1) is 7.48. The predicted molar refractivity (Wildman–Crippen MR) is 38.8 cm³/mol. The van der Waals surface area contributed by atoms with Gasteiger partial charge >= 0.3 is 0 Å². The van der Waals surface area contributed by atoms with Crippen LogP contribution in [0, 0.1) is 0 Å². The van der Waals surface area contributed by atoms with Crippen molar-refractivity contribution in [2.24, 2.45) is 0 Å². The maximum absolute atomic E-state index is 10.2. The Balaban J connectivity index is 2.42. The molecule has 0 aliphatic carbocycles. The Kier molecular flexibility index (Phi) is 2.63. The van der Waals surface area contributed by atoms with Crippen molar-refractivity contribution in [1.29, 1.82) is 0 Å². The lowest BCUT2D eigenvalue weighted by Gasteiger charge is -2.01.